The quantitative estimate of drug-likeness (QED) is 0.828. The van der Waals surface area contributed by atoms with Gasteiger partial charge in [-0.05, 0) is 45.4 Å². The van der Waals surface area contributed by atoms with Crippen molar-refractivity contribution in [1.82, 2.24) is 10.2 Å². The Morgan fingerprint density at radius 3 is 2.32 bits per heavy atom. The van der Waals surface area contributed by atoms with Gasteiger partial charge in [-0.25, -0.2) is 0 Å². The van der Waals surface area contributed by atoms with Crippen LogP contribution in [0.4, 0.5) is 0 Å². The molecule has 0 unspecified atom stereocenters. The lowest BCUT2D eigenvalue weighted by atomic mass is 10.0. The second-order valence-corrected chi connectivity index (χ2v) is 6.41. The van der Waals surface area contributed by atoms with E-state index in [0.29, 0.717) is 6.04 Å². The molecule has 1 heterocycles. The van der Waals surface area contributed by atoms with E-state index in [2.05, 4.69) is 44.1 Å². The lowest BCUT2D eigenvalue weighted by Crippen LogP contribution is -2.59. The summed E-state index contributed by atoms with van der Waals surface area (Å²) in [7, 11) is 0. The highest BCUT2D eigenvalue weighted by Crippen LogP contribution is 2.28. The third-order valence-corrected chi connectivity index (χ3v) is 3.86. The van der Waals surface area contributed by atoms with E-state index in [1.165, 1.54) is 0 Å². The number of benzene rings is 1. The van der Waals surface area contributed by atoms with Crippen LogP contribution in [-0.2, 0) is 0 Å². The Bertz CT molecular complexity index is 517. The fraction of sp³-hybridized carbons (Fsp3) is 0.400. The van der Waals surface area contributed by atoms with Gasteiger partial charge < -0.3 is 10.2 Å². The zero-order valence-electron chi connectivity index (χ0n) is 11.7. The molecule has 0 spiro atoms. The van der Waals surface area contributed by atoms with E-state index < -0.39 is 0 Å². The molecule has 102 valence electrons. The Hall–Kier alpha value is -1.06. The SMILES string of the molecule is CC(C)N1C=C(c2ccc(Cl)cc2)C(=S)NC1(C)C. The molecule has 1 N–H and O–H groups in total. The third kappa shape index (κ3) is 2.93. The molecule has 0 fully saturated rings. The summed E-state index contributed by atoms with van der Waals surface area (Å²) in [5, 5.41) is 4.14. The normalized spacial score (nSPS) is 18.3. The van der Waals surface area contributed by atoms with Crippen molar-refractivity contribution in [2.45, 2.75) is 39.4 Å². The second-order valence-electron chi connectivity index (χ2n) is 5.56. The lowest BCUT2D eigenvalue weighted by molar-refractivity contribution is 0.129. The molecule has 0 amide bonds. The van der Waals surface area contributed by atoms with Crippen LogP contribution in [0.1, 0.15) is 33.3 Å². The molecule has 0 radical (unpaired) electrons. The van der Waals surface area contributed by atoms with Crippen LogP contribution in [0.15, 0.2) is 30.5 Å². The first-order valence-electron chi connectivity index (χ1n) is 6.40. The van der Waals surface area contributed by atoms with Crippen LogP contribution in [0.5, 0.6) is 0 Å². The zero-order valence-corrected chi connectivity index (χ0v) is 13.3. The maximum atomic E-state index is 5.93. The molecule has 1 aromatic carbocycles. The Labute approximate surface area is 125 Å². The maximum absolute atomic E-state index is 5.93. The zero-order chi connectivity index (χ0) is 14.2. The molecule has 2 rings (SSSR count). The van der Waals surface area contributed by atoms with E-state index in [0.717, 1.165) is 21.1 Å². The molecule has 0 saturated carbocycles. The van der Waals surface area contributed by atoms with E-state index >= 15 is 0 Å². The van der Waals surface area contributed by atoms with Crippen molar-refractivity contribution in [3.8, 4) is 0 Å². The molecule has 1 aromatic rings. The first kappa shape index (κ1) is 14.4. The van der Waals surface area contributed by atoms with Crippen LogP contribution in [0.2, 0.25) is 5.02 Å². The van der Waals surface area contributed by atoms with Gasteiger partial charge in [0, 0.05) is 22.8 Å². The Balaban J connectivity index is 2.44. The van der Waals surface area contributed by atoms with Gasteiger partial charge in [-0.1, -0.05) is 36.0 Å². The van der Waals surface area contributed by atoms with Gasteiger partial charge in [0.1, 0.15) is 10.7 Å². The Morgan fingerprint density at radius 1 is 1.21 bits per heavy atom. The van der Waals surface area contributed by atoms with Crippen molar-refractivity contribution < 1.29 is 0 Å². The van der Waals surface area contributed by atoms with Crippen LogP contribution in [-0.4, -0.2) is 21.6 Å². The Morgan fingerprint density at radius 2 is 1.79 bits per heavy atom. The fourth-order valence-electron chi connectivity index (χ4n) is 2.40. The average Bonchev–Trinajstić information content (AvgIpc) is 2.29. The monoisotopic (exact) mass is 294 g/mol. The summed E-state index contributed by atoms with van der Waals surface area (Å²) in [5.41, 5.74) is 1.96. The summed E-state index contributed by atoms with van der Waals surface area (Å²) in [5.74, 6) is 0. The molecular weight excluding hydrogens is 276 g/mol. The summed E-state index contributed by atoms with van der Waals surface area (Å²) in [6.07, 6.45) is 2.15. The highest BCUT2D eigenvalue weighted by molar-refractivity contribution is 7.81. The maximum Gasteiger partial charge on any atom is 0.110 e. The van der Waals surface area contributed by atoms with E-state index in [1.807, 2.05) is 24.3 Å². The van der Waals surface area contributed by atoms with Crippen molar-refractivity contribution in [2.24, 2.45) is 0 Å². The van der Waals surface area contributed by atoms with Crippen molar-refractivity contribution in [3.63, 3.8) is 0 Å². The number of nitrogens with one attached hydrogen (secondary N) is 1. The van der Waals surface area contributed by atoms with Crippen LogP contribution in [0, 0.1) is 0 Å². The highest BCUT2D eigenvalue weighted by atomic mass is 35.5. The highest BCUT2D eigenvalue weighted by Gasteiger charge is 2.32. The van der Waals surface area contributed by atoms with Gasteiger partial charge in [0.15, 0.2) is 0 Å². The molecule has 0 atom stereocenters. The minimum Gasteiger partial charge on any atom is -0.354 e. The van der Waals surface area contributed by atoms with E-state index in [-0.39, 0.29) is 5.66 Å². The molecule has 2 nitrogen and oxygen atoms in total. The van der Waals surface area contributed by atoms with Gasteiger partial charge in [-0.15, -0.1) is 0 Å². The van der Waals surface area contributed by atoms with Gasteiger partial charge in [0.25, 0.3) is 0 Å². The van der Waals surface area contributed by atoms with Crippen molar-refractivity contribution >= 4 is 34.4 Å². The summed E-state index contributed by atoms with van der Waals surface area (Å²) in [6.45, 7) is 8.62. The van der Waals surface area contributed by atoms with Gasteiger partial charge in [-0.3, -0.25) is 0 Å². The standard InChI is InChI=1S/C15H19ClN2S/c1-10(2)18-9-13(14(19)17-15(18,3)4)11-5-7-12(16)8-6-11/h5-10H,1-4H3,(H,17,19). The van der Waals surface area contributed by atoms with Gasteiger partial charge in [0.05, 0.1) is 0 Å². The summed E-state index contributed by atoms with van der Waals surface area (Å²) < 4.78 is 0. The van der Waals surface area contributed by atoms with Gasteiger partial charge >= 0.3 is 0 Å². The molecule has 4 heteroatoms. The topological polar surface area (TPSA) is 15.3 Å². The van der Waals surface area contributed by atoms with E-state index in [1.54, 1.807) is 0 Å². The molecular formula is C15H19ClN2S. The first-order valence-corrected chi connectivity index (χ1v) is 7.18. The molecule has 1 aliphatic rings. The molecule has 1 aliphatic heterocycles. The van der Waals surface area contributed by atoms with Crippen LogP contribution in [0.3, 0.4) is 0 Å². The number of rotatable bonds is 2. The Kier molecular flexibility index (Phi) is 3.88. The van der Waals surface area contributed by atoms with Crippen LogP contribution < -0.4 is 5.32 Å². The van der Waals surface area contributed by atoms with Crippen LogP contribution >= 0.6 is 23.8 Å². The average molecular weight is 295 g/mol. The number of hydrogen-bond donors (Lipinski definition) is 1. The molecule has 0 aromatic heterocycles. The third-order valence-electron chi connectivity index (χ3n) is 3.29. The predicted octanol–water partition coefficient (Wildman–Crippen LogP) is 4.06. The van der Waals surface area contributed by atoms with E-state index in [9.17, 15) is 0 Å². The minimum atomic E-state index is -0.166. The minimum absolute atomic E-state index is 0.166. The summed E-state index contributed by atoms with van der Waals surface area (Å²) in [6, 6.07) is 8.17. The largest absolute Gasteiger partial charge is 0.354 e. The van der Waals surface area contributed by atoms with E-state index in [4.69, 9.17) is 23.8 Å². The molecule has 0 saturated heterocycles. The lowest BCUT2D eigenvalue weighted by Gasteiger charge is -2.46. The molecule has 0 aliphatic carbocycles. The molecule has 19 heavy (non-hydrogen) atoms. The molecule has 0 bridgehead atoms. The number of nitrogens with zero attached hydrogens (tertiary/aromatic N) is 1. The summed E-state index contributed by atoms with van der Waals surface area (Å²) in [4.78, 5) is 3.07. The summed E-state index contributed by atoms with van der Waals surface area (Å²) >= 11 is 11.4. The number of halogens is 1. The number of hydrogen-bond acceptors (Lipinski definition) is 2. The predicted molar refractivity (Wildman–Crippen MR) is 86.2 cm³/mol. The van der Waals surface area contributed by atoms with Gasteiger partial charge in [0.2, 0.25) is 0 Å². The van der Waals surface area contributed by atoms with Crippen molar-refractivity contribution in [1.29, 1.82) is 0 Å². The first-order chi connectivity index (χ1) is 8.81. The van der Waals surface area contributed by atoms with Gasteiger partial charge in [-0.2, -0.15) is 0 Å². The fourth-order valence-corrected chi connectivity index (χ4v) is 2.94. The second kappa shape index (κ2) is 5.14. The van der Waals surface area contributed by atoms with Crippen LogP contribution in [0.25, 0.3) is 5.57 Å². The smallest absolute Gasteiger partial charge is 0.110 e. The van der Waals surface area contributed by atoms with Crippen molar-refractivity contribution in [2.75, 3.05) is 0 Å². The van der Waals surface area contributed by atoms with Crippen molar-refractivity contribution in [3.05, 3.63) is 41.1 Å². The number of thiocarbonyl (C=S) groups is 1.